The predicted octanol–water partition coefficient (Wildman–Crippen LogP) is 5.50. The van der Waals surface area contributed by atoms with Crippen molar-refractivity contribution in [3.05, 3.63) is 49.6 Å². The van der Waals surface area contributed by atoms with Crippen LogP contribution in [0.25, 0.3) is 0 Å². The Morgan fingerprint density at radius 2 is 1.92 bits per heavy atom. The van der Waals surface area contributed by atoms with Gasteiger partial charge in [0.05, 0.1) is 15.7 Å². The maximum absolute atomic E-state index is 12.3. The number of hydrogen-bond donors (Lipinski definition) is 1. The molecular weight excluding hydrogens is 381 g/mol. The van der Waals surface area contributed by atoms with Crippen molar-refractivity contribution in [3.8, 4) is 0 Å². The Labute approximate surface area is 161 Å². The minimum Gasteiger partial charge on any atom is -0.448 e. The van der Waals surface area contributed by atoms with Gasteiger partial charge in [-0.25, -0.2) is 4.79 Å². The van der Waals surface area contributed by atoms with E-state index in [4.69, 9.17) is 27.9 Å². The zero-order valence-corrected chi connectivity index (χ0v) is 16.5. The Bertz CT molecular complexity index is 768. The van der Waals surface area contributed by atoms with Gasteiger partial charge in [-0.05, 0) is 44.0 Å². The molecule has 0 aliphatic rings. The monoisotopic (exact) mass is 399 g/mol. The SMILES string of the molecule is CCCc1cc(C(=O)O[C@@H](C)C(=O)Nc2c(Cl)cccc2Cl)sc1C. The van der Waals surface area contributed by atoms with Gasteiger partial charge in [-0.1, -0.05) is 42.6 Å². The number of hydrogen-bond acceptors (Lipinski definition) is 4. The first kappa shape index (κ1) is 19.8. The molecule has 0 bridgehead atoms. The van der Waals surface area contributed by atoms with Crippen molar-refractivity contribution in [2.24, 2.45) is 0 Å². The summed E-state index contributed by atoms with van der Waals surface area (Å²) < 4.78 is 5.27. The minimum atomic E-state index is -0.975. The van der Waals surface area contributed by atoms with Crippen molar-refractivity contribution < 1.29 is 14.3 Å². The molecule has 1 aromatic heterocycles. The molecule has 1 heterocycles. The Kier molecular flexibility index (Phi) is 6.87. The van der Waals surface area contributed by atoms with Gasteiger partial charge in [-0.3, -0.25) is 4.79 Å². The molecule has 1 N–H and O–H groups in total. The first-order valence-corrected chi connectivity index (χ1v) is 9.45. The number of carbonyl (C=O) groups is 2. The van der Waals surface area contributed by atoms with Crippen LogP contribution in [-0.4, -0.2) is 18.0 Å². The van der Waals surface area contributed by atoms with Crippen molar-refractivity contribution in [1.82, 2.24) is 0 Å². The van der Waals surface area contributed by atoms with Crippen molar-refractivity contribution in [2.75, 3.05) is 5.32 Å². The first-order valence-electron chi connectivity index (χ1n) is 7.88. The molecule has 134 valence electrons. The van der Waals surface area contributed by atoms with Gasteiger partial charge in [0.25, 0.3) is 5.91 Å². The molecule has 0 saturated carbocycles. The number of anilines is 1. The van der Waals surface area contributed by atoms with E-state index < -0.39 is 18.0 Å². The van der Waals surface area contributed by atoms with E-state index >= 15 is 0 Å². The van der Waals surface area contributed by atoms with Gasteiger partial charge in [0.2, 0.25) is 0 Å². The summed E-state index contributed by atoms with van der Waals surface area (Å²) >= 11 is 13.4. The van der Waals surface area contributed by atoms with E-state index in [9.17, 15) is 9.59 Å². The Balaban J connectivity index is 2.03. The number of esters is 1. The summed E-state index contributed by atoms with van der Waals surface area (Å²) in [6.45, 7) is 5.56. The lowest BCUT2D eigenvalue weighted by molar-refractivity contribution is -0.123. The number of nitrogens with one attached hydrogen (secondary N) is 1. The van der Waals surface area contributed by atoms with E-state index in [1.807, 2.05) is 13.0 Å². The van der Waals surface area contributed by atoms with E-state index in [1.54, 1.807) is 18.2 Å². The smallest absolute Gasteiger partial charge is 0.349 e. The molecule has 0 aliphatic heterocycles. The van der Waals surface area contributed by atoms with E-state index in [1.165, 1.54) is 18.3 Å². The average Bonchev–Trinajstić information content (AvgIpc) is 2.92. The second-order valence-corrected chi connectivity index (χ2v) is 7.65. The van der Waals surface area contributed by atoms with E-state index in [-0.39, 0.29) is 0 Å². The van der Waals surface area contributed by atoms with Crippen LogP contribution in [0.4, 0.5) is 5.69 Å². The third kappa shape index (κ3) is 4.97. The van der Waals surface area contributed by atoms with Crippen LogP contribution in [-0.2, 0) is 16.0 Å². The Hall–Kier alpha value is -1.56. The van der Waals surface area contributed by atoms with Gasteiger partial charge >= 0.3 is 5.97 Å². The van der Waals surface area contributed by atoms with Gasteiger partial charge in [0.1, 0.15) is 4.88 Å². The molecule has 4 nitrogen and oxygen atoms in total. The highest BCUT2D eigenvalue weighted by atomic mass is 35.5. The highest BCUT2D eigenvalue weighted by Gasteiger charge is 2.22. The van der Waals surface area contributed by atoms with Crippen molar-refractivity contribution in [1.29, 1.82) is 0 Å². The molecule has 0 aliphatic carbocycles. The van der Waals surface area contributed by atoms with Crippen LogP contribution in [0, 0.1) is 6.92 Å². The molecular formula is C18H19Cl2NO3S. The number of amides is 1. The molecule has 1 aromatic carbocycles. The highest BCUT2D eigenvalue weighted by molar-refractivity contribution is 7.14. The van der Waals surface area contributed by atoms with E-state index in [2.05, 4.69) is 12.2 Å². The topological polar surface area (TPSA) is 55.4 Å². The fraction of sp³-hybridized carbons (Fsp3) is 0.333. The number of rotatable bonds is 6. The molecule has 1 atom stereocenters. The zero-order valence-electron chi connectivity index (χ0n) is 14.2. The standard InChI is InChI=1S/C18H19Cl2NO3S/c1-4-6-12-9-15(25-11(12)3)18(23)24-10(2)17(22)21-16-13(19)7-5-8-14(16)20/h5,7-10H,4,6H2,1-3H3,(H,21,22)/t10-/m0/s1. The van der Waals surface area contributed by atoms with Gasteiger partial charge in [-0.2, -0.15) is 0 Å². The normalized spacial score (nSPS) is 11.9. The fourth-order valence-electron chi connectivity index (χ4n) is 2.25. The molecule has 7 heteroatoms. The van der Waals surface area contributed by atoms with Gasteiger partial charge in [-0.15, -0.1) is 11.3 Å². The predicted molar refractivity (Wildman–Crippen MR) is 103 cm³/mol. The Morgan fingerprint density at radius 3 is 2.52 bits per heavy atom. The fourth-order valence-corrected chi connectivity index (χ4v) is 3.70. The molecule has 0 saturated heterocycles. The third-order valence-corrected chi connectivity index (χ3v) is 5.31. The summed E-state index contributed by atoms with van der Waals surface area (Å²) in [5, 5.41) is 3.23. The molecule has 1 amide bonds. The Morgan fingerprint density at radius 1 is 1.28 bits per heavy atom. The molecule has 25 heavy (non-hydrogen) atoms. The summed E-state index contributed by atoms with van der Waals surface area (Å²) in [5.41, 5.74) is 1.44. The van der Waals surface area contributed by atoms with Crippen LogP contribution in [0.2, 0.25) is 10.0 Å². The van der Waals surface area contributed by atoms with Crippen LogP contribution >= 0.6 is 34.5 Å². The van der Waals surface area contributed by atoms with Gasteiger partial charge < -0.3 is 10.1 Å². The summed E-state index contributed by atoms with van der Waals surface area (Å²) in [5.74, 6) is -1.01. The average molecular weight is 400 g/mol. The van der Waals surface area contributed by atoms with E-state index in [0.717, 1.165) is 23.3 Å². The van der Waals surface area contributed by atoms with Crippen molar-refractivity contribution >= 4 is 52.1 Å². The molecule has 0 spiro atoms. The maximum atomic E-state index is 12.3. The van der Waals surface area contributed by atoms with Crippen LogP contribution in [0.15, 0.2) is 24.3 Å². The molecule has 2 rings (SSSR count). The number of ether oxygens (including phenoxy) is 1. The van der Waals surface area contributed by atoms with E-state index in [0.29, 0.717) is 20.6 Å². The van der Waals surface area contributed by atoms with Crippen molar-refractivity contribution in [3.63, 3.8) is 0 Å². The third-order valence-electron chi connectivity index (χ3n) is 3.61. The number of thiophene rings is 1. The highest BCUT2D eigenvalue weighted by Crippen LogP contribution is 2.30. The van der Waals surface area contributed by atoms with Gasteiger partial charge in [0.15, 0.2) is 6.10 Å². The number of halogens is 2. The van der Waals surface area contributed by atoms with Crippen LogP contribution in [0.3, 0.4) is 0 Å². The largest absolute Gasteiger partial charge is 0.448 e. The minimum absolute atomic E-state index is 0.302. The molecule has 2 aromatic rings. The van der Waals surface area contributed by atoms with Gasteiger partial charge in [0, 0.05) is 4.88 Å². The molecule has 0 radical (unpaired) electrons. The summed E-state index contributed by atoms with van der Waals surface area (Å²) in [6, 6.07) is 6.74. The number of carbonyl (C=O) groups excluding carboxylic acids is 2. The summed E-state index contributed by atoms with van der Waals surface area (Å²) in [6.07, 6.45) is 0.942. The second kappa shape index (κ2) is 8.70. The first-order chi connectivity index (χ1) is 11.8. The zero-order chi connectivity index (χ0) is 18.6. The lowest BCUT2D eigenvalue weighted by Crippen LogP contribution is -2.30. The van der Waals surface area contributed by atoms with Crippen LogP contribution in [0.5, 0.6) is 0 Å². The number of para-hydroxylation sites is 1. The lowest BCUT2D eigenvalue weighted by Gasteiger charge is -2.14. The van der Waals surface area contributed by atoms with Crippen LogP contribution < -0.4 is 5.32 Å². The lowest BCUT2D eigenvalue weighted by atomic mass is 10.1. The summed E-state index contributed by atoms with van der Waals surface area (Å²) in [7, 11) is 0. The van der Waals surface area contributed by atoms with Crippen LogP contribution in [0.1, 0.15) is 40.4 Å². The number of aryl methyl sites for hydroxylation is 2. The number of benzene rings is 1. The maximum Gasteiger partial charge on any atom is 0.349 e. The van der Waals surface area contributed by atoms with Crippen molar-refractivity contribution in [2.45, 2.75) is 39.7 Å². The second-order valence-electron chi connectivity index (χ2n) is 5.58. The molecule has 0 unspecified atom stereocenters. The quantitative estimate of drug-likeness (QED) is 0.652. The molecule has 0 fully saturated rings. The summed E-state index contributed by atoms with van der Waals surface area (Å²) in [4.78, 5) is 26.1.